The van der Waals surface area contributed by atoms with Crippen molar-refractivity contribution in [3.05, 3.63) is 48.3 Å². The molecule has 0 aliphatic carbocycles. The zero-order chi connectivity index (χ0) is 17.4. The Balaban J connectivity index is 1.80. The lowest BCUT2D eigenvalue weighted by atomic mass is 10.2. The number of aromatic nitrogens is 1. The van der Waals surface area contributed by atoms with Crippen LogP contribution in [-0.4, -0.2) is 37.2 Å². The number of carbonyl (C=O) groups excluding carboxylic acids is 1. The van der Waals surface area contributed by atoms with Crippen LogP contribution >= 0.6 is 0 Å². The van der Waals surface area contributed by atoms with E-state index in [0.29, 0.717) is 18.7 Å². The molecule has 0 saturated carbocycles. The maximum Gasteiger partial charge on any atom is 0.253 e. The Morgan fingerprint density at radius 2 is 1.88 bits per heavy atom. The normalized spacial score (nSPS) is 10.3. The minimum Gasteiger partial charge on any atom is -0.497 e. The Bertz CT molecular complexity index is 657. The Hall–Kier alpha value is -2.76. The number of ether oxygens (including phenoxy) is 2. The molecule has 1 aromatic carbocycles. The van der Waals surface area contributed by atoms with E-state index in [0.717, 1.165) is 17.2 Å². The van der Waals surface area contributed by atoms with E-state index in [-0.39, 0.29) is 11.9 Å². The van der Waals surface area contributed by atoms with Crippen molar-refractivity contribution in [1.82, 2.24) is 10.3 Å². The lowest BCUT2D eigenvalue weighted by Crippen LogP contribution is -2.30. The van der Waals surface area contributed by atoms with Crippen LogP contribution < -0.4 is 20.1 Å². The highest BCUT2D eigenvalue weighted by Gasteiger charge is 2.07. The zero-order valence-corrected chi connectivity index (χ0v) is 14.2. The zero-order valence-electron chi connectivity index (χ0n) is 14.2. The summed E-state index contributed by atoms with van der Waals surface area (Å²) in [5.74, 6) is 1.44. The molecule has 2 rings (SSSR count). The maximum absolute atomic E-state index is 12.0. The molecule has 6 nitrogen and oxygen atoms in total. The average Bonchev–Trinajstić information content (AvgIpc) is 2.59. The molecule has 6 heteroatoms. The van der Waals surface area contributed by atoms with Crippen molar-refractivity contribution in [3.63, 3.8) is 0 Å². The van der Waals surface area contributed by atoms with Crippen molar-refractivity contribution < 1.29 is 14.3 Å². The van der Waals surface area contributed by atoms with Crippen LogP contribution in [0.5, 0.6) is 11.5 Å². The van der Waals surface area contributed by atoms with Gasteiger partial charge in [0.25, 0.3) is 5.91 Å². The molecule has 0 unspecified atom stereocenters. The van der Waals surface area contributed by atoms with Gasteiger partial charge in [-0.15, -0.1) is 0 Å². The molecule has 128 valence electrons. The van der Waals surface area contributed by atoms with Crippen molar-refractivity contribution >= 4 is 11.6 Å². The van der Waals surface area contributed by atoms with Gasteiger partial charge in [-0.3, -0.25) is 9.78 Å². The number of hydrogen-bond acceptors (Lipinski definition) is 5. The summed E-state index contributed by atoms with van der Waals surface area (Å²) in [4.78, 5) is 16.1. The molecule has 0 spiro atoms. The van der Waals surface area contributed by atoms with Crippen molar-refractivity contribution in [2.24, 2.45) is 0 Å². The second-order valence-corrected chi connectivity index (χ2v) is 5.54. The van der Waals surface area contributed by atoms with Crippen molar-refractivity contribution in [2.75, 3.05) is 25.6 Å². The molecular weight excluding hydrogens is 306 g/mol. The number of nitrogens with one attached hydrogen (secondary N) is 2. The Morgan fingerprint density at radius 1 is 1.17 bits per heavy atom. The number of amides is 1. The minimum atomic E-state index is -0.129. The molecule has 0 aliphatic heterocycles. The average molecular weight is 329 g/mol. The predicted octanol–water partition coefficient (Wildman–Crippen LogP) is 2.72. The Labute approximate surface area is 142 Å². The number of benzene rings is 1. The van der Waals surface area contributed by atoms with Crippen LogP contribution in [-0.2, 0) is 0 Å². The van der Waals surface area contributed by atoms with Crippen LogP contribution in [0.2, 0.25) is 0 Å². The summed E-state index contributed by atoms with van der Waals surface area (Å²) in [6.07, 6.45) is 3.23. The highest BCUT2D eigenvalue weighted by atomic mass is 16.5. The molecular formula is C18H23N3O3. The van der Waals surface area contributed by atoms with Crippen LogP contribution in [0.4, 0.5) is 5.69 Å². The molecule has 0 fully saturated rings. The SMILES string of the molecule is COc1ccc(OCCNc2cncc(C(=O)NC(C)C)c2)cc1. The van der Waals surface area contributed by atoms with E-state index < -0.39 is 0 Å². The lowest BCUT2D eigenvalue weighted by Gasteiger charge is -2.11. The molecule has 0 radical (unpaired) electrons. The minimum absolute atomic E-state index is 0.0898. The summed E-state index contributed by atoms with van der Waals surface area (Å²) in [7, 11) is 1.63. The predicted molar refractivity (Wildman–Crippen MR) is 93.8 cm³/mol. The molecule has 1 aromatic heterocycles. The van der Waals surface area contributed by atoms with Gasteiger partial charge in [0.1, 0.15) is 18.1 Å². The van der Waals surface area contributed by atoms with Gasteiger partial charge in [-0.05, 0) is 44.2 Å². The summed E-state index contributed by atoms with van der Waals surface area (Å²) in [5, 5.41) is 6.04. The number of methoxy groups -OCH3 is 1. The van der Waals surface area contributed by atoms with E-state index in [2.05, 4.69) is 15.6 Å². The molecule has 2 N–H and O–H groups in total. The number of nitrogens with zero attached hydrogens (tertiary/aromatic N) is 1. The van der Waals surface area contributed by atoms with Crippen molar-refractivity contribution in [1.29, 1.82) is 0 Å². The van der Waals surface area contributed by atoms with Crippen LogP contribution in [0.3, 0.4) is 0 Å². The van der Waals surface area contributed by atoms with Gasteiger partial charge in [-0.2, -0.15) is 0 Å². The van der Waals surface area contributed by atoms with Crippen molar-refractivity contribution in [3.8, 4) is 11.5 Å². The number of anilines is 1. The van der Waals surface area contributed by atoms with Gasteiger partial charge in [0.2, 0.25) is 0 Å². The summed E-state index contributed by atoms with van der Waals surface area (Å²) >= 11 is 0. The molecule has 1 amide bonds. The van der Waals surface area contributed by atoms with Crippen LogP contribution in [0.15, 0.2) is 42.7 Å². The molecule has 2 aromatic rings. The summed E-state index contributed by atoms with van der Waals surface area (Å²) < 4.78 is 10.7. The standard InChI is InChI=1S/C18H23N3O3/c1-13(2)21-18(22)14-10-15(12-19-11-14)20-8-9-24-17-6-4-16(23-3)5-7-17/h4-7,10-13,20H,8-9H2,1-3H3,(H,21,22). The first-order chi connectivity index (χ1) is 11.6. The van der Waals surface area contributed by atoms with Gasteiger partial charge in [-0.1, -0.05) is 0 Å². The molecule has 0 atom stereocenters. The molecule has 1 heterocycles. The van der Waals surface area contributed by atoms with E-state index in [1.54, 1.807) is 25.6 Å². The summed E-state index contributed by atoms with van der Waals surface area (Å²) in [6.45, 7) is 4.94. The Kier molecular flexibility index (Phi) is 6.42. The molecule has 0 aliphatic rings. The van der Waals surface area contributed by atoms with Crippen LogP contribution in [0, 0.1) is 0 Å². The quantitative estimate of drug-likeness (QED) is 0.729. The largest absolute Gasteiger partial charge is 0.497 e. The van der Waals surface area contributed by atoms with E-state index in [1.165, 1.54) is 0 Å². The topological polar surface area (TPSA) is 72.5 Å². The van der Waals surface area contributed by atoms with Gasteiger partial charge in [0, 0.05) is 25.0 Å². The second-order valence-electron chi connectivity index (χ2n) is 5.54. The van der Waals surface area contributed by atoms with E-state index in [4.69, 9.17) is 9.47 Å². The third kappa shape index (κ3) is 5.46. The number of pyridine rings is 1. The van der Waals surface area contributed by atoms with Crippen molar-refractivity contribution in [2.45, 2.75) is 19.9 Å². The van der Waals surface area contributed by atoms with Gasteiger partial charge in [-0.25, -0.2) is 0 Å². The fraction of sp³-hybridized carbons (Fsp3) is 0.333. The molecule has 0 saturated heterocycles. The smallest absolute Gasteiger partial charge is 0.253 e. The van der Waals surface area contributed by atoms with Gasteiger partial charge < -0.3 is 20.1 Å². The molecule has 24 heavy (non-hydrogen) atoms. The Morgan fingerprint density at radius 3 is 2.54 bits per heavy atom. The van der Waals surface area contributed by atoms with Gasteiger partial charge in [0.05, 0.1) is 18.4 Å². The summed E-state index contributed by atoms with van der Waals surface area (Å²) in [6, 6.07) is 9.28. The summed E-state index contributed by atoms with van der Waals surface area (Å²) in [5.41, 5.74) is 1.31. The number of rotatable bonds is 8. The lowest BCUT2D eigenvalue weighted by molar-refractivity contribution is 0.0943. The number of carbonyl (C=O) groups is 1. The molecule has 0 bridgehead atoms. The first-order valence-electron chi connectivity index (χ1n) is 7.85. The first-order valence-corrected chi connectivity index (χ1v) is 7.85. The van der Waals surface area contributed by atoms with E-state index in [9.17, 15) is 4.79 Å². The van der Waals surface area contributed by atoms with Crippen LogP contribution in [0.1, 0.15) is 24.2 Å². The number of hydrogen-bond donors (Lipinski definition) is 2. The first kappa shape index (κ1) is 17.6. The van der Waals surface area contributed by atoms with E-state index >= 15 is 0 Å². The van der Waals surface area contributed by atoms with E-state index in [1.807, 2.05) is 38.1 Å². The van der Waals surface area contributed by atoms with Crippen LogP contribution in [0.25, 0.3) is 0 Å². The van der Waals surface area contributed by atoms with Gasteiger partial charge in [0.15, 0.2) is 0 Å². The highest BCUT2D eigenvalue weighted by molar-refractivity contribution is 5.94. The fourth-order valence-corrected chi connectivity index (χ4v) is 2.04. The third-order valence-electron chi connectivity index (χ3n) is 3.18. The monoisotopic (exact) mass is 329 g/mol. The highest BCUT2D eigenvalue weighted by Crippen LogP contribution is 2.16. The van der Waals surface area contributed by atoms with Gasteiger partial charge >= 0.3 is 0 Å². The fourth-order valence-electron chi connectivity index (χ4n) is 2.04. The second kappa shape index (κ2) is 8.76. The third-order valence-corrected chi connectivity index (χ3v) is 3.18. The maximum atomic E-state index is 12.0.